The van der Waals surface area contributed by atoms with Gasteiger partial charge in [-0.2, -0.15) is 5.10 Å². The molecule has 6 heteroatoms. The fourth-order valence-corrected chi connectivity index (χ4v) is 2.85. The highest BCUT2D eigenvalue weighted by atomic mass is 79.9. The molecule has 1 heterocycles. The first-order chi connectivity index (χ1) is 9.10. The van der Waals surface area contributed by atoms with Gasteiger partial charge in [0.2, 0.25) is 0 Å². The summed E-state index contributed by atoms with van der Waals surface area (Å²) in [7, 11) is 1.81. The van der Waals surface area contributed by atoms with Gasteiger partial charge in [0.25, 0.3) is 0 Å². The molecule has 3 nitrogen and oxygen atoms in total. The van der Waals surface area contributed by atoms with Gasteiger partial charge in [0.15, 0.2) is 0 Å². The molecule has 0 aliphatic heterocycles. The molecule has 0 saturated heterocycles. The lowest BCUT2D eigenvalue weighted by atomic mass is 10.0. The molecule has 0 aliphatic rings. The molecule has 19 heavy (non-hydrogen) atoms. The average Bonchev–Trinajstić information content (AvgIpc) is 2.77. The third-order valence-electron chi connectivity index (χ3n) is 2.99. The van der Waals surface area contributed by atoms with Gasteiger partial charge in [-0.25, -0.2) is 4.39 Å². The van der Waals surface area contributed by atoms with Gasteiger partial charge >= 0.3 is 0 Å². The van der Waals surface area contributed by atoms with Crippen molar-refractivity contribution in [1.29, 1.82) is 0 Å². The second-order valence-corrected chi connectivity index (χ2v) is 5.29. The molecule has 1 N–H and O–H groups in total. The van der Waals surface area contributed by atoms with Crippen molar-refractivity contribution in [2.24, 2.45) is 0 Å². The zero-order valence-electron chi connectivity index (χ0n) is 10.6. The van der Waals surface area contributed by atoms with Crippen LogP contribution in [0.15, 0.2) is 28.9 Å². The SMILES string of the molecule is CCn1ncc(Br)c1C(NC)c1cccc(F)c1Cl. The van der Waals surface area contributed by atoms with E-state index in [1.165, 1.54) is 6.07 Å². The molecule has 0 fully saturated rings. The predicted molar refractivity (Wildman–Crippen MR) is 77.9 cm³/mol. The Balaban J connectivity index is 2.56. The summed E-state index contributed by atoms with van der Waals surface area (Å²) < 4.78 is 16.3. The maximum Gasteiger partial charge on any atom is 0.142 e. The first kappa shape index (κ1) is 14.5. The van der Waals surface area contributed by atoms with Crippen LogP contribution in [0, 0.1) is 5.82 Å². The normalized spacial score (nSPS) is 12.7. The molecule has 0 spiro atoms. The first-order valence-corrected chi connectivity index (χ1v) is 7.09. The zero-order chi connectivity index (χ0) is 14.0. The van der Waals surface area contributed by atoms with E-state index in [1.54, 1.807) is 12.3 Å². The average molecular weight is 347 g/mol. The van der Waals surface area contributed by atoms with Crippen LogP contribution >= 0.6 is 27.5 Å². The van der Waals surface area contributed by atoms with Crippen molar-refractivity contribution in [3.8, 4) is 0 Å². The van der Waals surface area contributed by atoms with Gasteiger partial charge in [-0.1, -0.05) is 23.7 Å². The highest BCUT2D eigenvalue weighted by molar-refractivity contribution is 9.10. The Morgan fingerprint density at radius 3 is 2.89 bits per heavy atom. The third-order valence-corrected chi connectivity index (χ3v) is 4.00. The molecule has 1 aromatic carbocycles. The Morgan fingerprint density at radius 2 is 2.26 bits per heavy atom. The monoisotopic (exact) mass is 345 g/mol. The predicted octanol–water partition coefficient (Wildman–Crippen LogP) is 3.77. The molecule has 1 aromatic heterocycles. The summed E-state index contributed by atoms with van der Waals surface area (Å²) in [6.07, 6.45) is 1.73. The standard InChI is InChI=1S/C13H14BrClFN3/c1-3-19-13(9(14)7-18-19)12(17-2)8-5-4-6-10(16)11(8)15/h4-7,12,17H,3H2,1-2H3. The maximum absolute atomic E-state index is 13.6. The van der Waals surface area contributed by atoms with E-state index in [9.17, 15) is 4.39 Å². The fraction of sp³-hybridized carbons (Fsp3) is 0.308. The number of nitrogens with one attached hydrogen (secondary N) is 1. The van der Waals surface area contributed by atoms with Crippen LogP contribution in [0.25, 0.3) is 0 Å². The van der Waals surface area contributed by atoms with E-state index in [0.717, 1.165) is 16.7 Å². The molecule has 2 aromatic rings. The summed E-state index contributed by atoms with van der Waals surface area (Å²) in [5, 5.41) is 7.57. The Kier molecular flexibility index (Phi) is 4.60. The van der Waals surface area contributed by atoms with E-state index in [-0.39, 0.29) is 11.1 Å². The van der Waals surface area contributed by atoms with Crippen molar-refractivity contribution < 1.29 is 4.39 Å². The quantitative estimate of drug-likeness (QED) is 0.913. The number of hydrogen-bond donors (Lipinski definition) is 1. The maximum atomic E-state index is 13.6. The van der Waals surface area contributed by atoms with Crippen LogP contribution in [0.1, 0.15) is 24.2 Å². The van der Waals surface area contributed by atoms with E-state index in [2.05, 4.69) is 26.3 Å². The van der Waals surface area contributed by atoms with Crippen LogP contribution in [0.2, 0.25) is 5.02 Å². The summed E-state index contributed by atoms with van der Waals surface area (Å²) in [5.41, 5.74) is 1.62. The first-order valence-electron chi connectivity index (χ1n) is 5.92. The topological polar surface area (TPSA) is 29.9 Å². The number of halogens is 3. The second kappa shape index (κ2) is 6.03. The molecular weight excluding hydrogens is 333 g/mol. The molecule has 0 radical (unpaired) electrons. The minimum atomic E-state index is -0.418. The van der Waals surface area contributed by atoms with Crippen LogP contribution in [-0.2, 0) is 6.54 Å². The molecule has 0 bridgehead atoms. The Morgan fingerprint density at radius 1 is 1.53 bits per heavy atom. The van der Waals surface area contributed by atoms with Gasteiger partial charge in [0.1, 0.15) is 5.82 Å². The molecule has 0 aliphatic carbocycles. The minimum absolute atomic E-state index is 0.137. The van der Waals surface area contributed by atoms with E-state index < -0.39 is 5.82 Å². The van der Waals surface area contributed by atoms with Gasteiger partial charge in [-0.15, -0.1) is 0 Å². The van der Waals surface area contributed by atoms with Gasteiger partial charge < -0.3 is 5.32 Å². The summed E-state index contributed by atoms with van der Waals surface area (Å²) in [6.45, 7) is 2.73. The highest BCUT2D eigenvalue weighted by Gasteiger charge is 2.23. The number of benzene rings is 1. The number of aryl methyl sites for hydroxylation is 1. The summed E-state index contributed by atoms with van der Waals surface area (Å²) >= 11 is 9.55. The Bertz CT molecular complexity index is 585. The van der Waals surface area contributed by atoms with Crippen molar-refractivity contribution >= 4 is 27.5 Å². The second-order valence-electron chi connectivity index (χ2n) is 4.06. The fourth-order valence-electron chi connectivity index (χ4n) is 2.09. The number of hydrogen-bond acceptors (Lipinski definition) is 2. The van der Waals surface area contributed by atoms with Gasteiger partial charge in [-0.3, -0.25) is 4.68 Å². The Hall–Kier alpha value is -0.910. The summed E-state index contributed by atoms with van der Waals surface area (Å²) in [4.78, 5) is 0. The molecular formula is C13H14BrClFN3. The van der Waals surface area contributed by atoms with Crippen LogP contribution in [0.4, 0.5) is 4.39 Å². The smallest absolute Gasteiger partial charge is 0.142 e. The van der Waals surface area contributed by atoms with Crippen molar-refractivity contribution in [3.05, 3.63) is 51.0 Å². The lowest BCUT2D eigenvalue weighted by Crippen LogP contribution is -2.22. The number of rotatable bonds is 4. The van der Waals surface area contributed by atoms with Crippen LogP contribution in [-0.4, -0.2) is 16.8 Å². The Labute approximate surface area is 124 Å². The van der Waals surface area contributed by atoms with Gasteiger partial charge in [0, 0.05) is 6.54 Å². The molecule has 0 amide bonds. The molecule has 102 valence electrons. The number of nitrogens with zero attached hydrogens (tertiary/aromatic N) is 2. The highest BCUT2D eigenvalue weighted by Crippen LogP contribution is 2.33. The molecule has 1 atom stereocenters. The summed E-state index contributed by atoms with van der Waals surface area (Å²) in [6, 6.07) is 4.60. The van der Waals surface area contributed by atoms with Crippen molar-refractivity contribution in [2.45, 2.75) is 19.5 Å². The van der Waals surface area contributed by atoms with Gasteiger partial charge in [0.05, 0.1) is 27.4 Å². The largest absolute Gasteiger partial charge is 0.308 e. The molecule has 2 rings (SSSR count). The van der Waals surface area contributed by atoms with E-state index in [0.29, 0.717) is 5.56 Å². The van der Waals surface area contributed by atoms with E-state index in [1.807, 2.05) is 24.7 Å². The molecule has 0 saturated carbocycles. The minimum Gasteiger partial charge on any atom is -0.308 e. The summed E-state index contributed by atoms with van der Waals surface area (Å²) in [5.74, 6) is -0.418. The van der Waals surface area contributed by atoms with E-state index in [4.69, 9.17) is 11.6 Å². The van der Waals surface area contributed by atoms with Crippen LogP contribution in [0.5, 0.6) is 0 Å². The number of aromatic nitrogens is 2. The molecule has 1 unspecified atom stereocenters. The van der Waals surface area contributed by atoms with Crippen molar-refractivity contribution in [2.75, 3.05) is 7.05 Å². The van der Waals surface area contributed by atoms with Crippen LogP contribution < -0.4 is 5.32 Å². The van der Waals surface area contributed by atoms with Crippen molar-refractivity contribution in [1.82, 2.24) is 15.1 Å². The zero-order valence-corrected chi connectivity index (χ0v) is 13.0. The van der Waals surface area contributed by atoms with Crippen LogP contribution in [0.3, 0.4) is 0 Å². The van der Waals surface area contributed by atoms with Gasteiger partial charge in [-0.05, 0) is 41.5 Å². The van der Waals surface area contributed by atoms with E-state index >= 15 is 0 Å². The van der Waals surface area contributed by atoms with Crippen molar-refractivity contribution in [3.63, 3.8) is 0 Å². The third kappa shape index (κ3) is 2.68. The lowest BCUT2D eigenvalue weighted by Gasteiger charge is -2.20. The lowest BCUT2D eigenvalue weighted by molar-refractivity contribution is 0.557.